The van der Waals surface area contributed by atoms with Gasteiger partial charge in [0, 0.05) is 12.4 Å². The number of benzene rings is 1. The first-order chi connectivity index (χ1) is 8.53. The van der Waals surface area contributed by atoms with Crippen LogP contribution in [-0.2, 0) is 22.6 Å². The first-order valence-corrected chi connectivity index (χ1v) is 7.67. The zero-order chi connectivity index (χ0) is 13.2. The molecule has 0 atom stereocenters. The van der Waals surface area contributed by atoms with E-state index in [0.717, 1.165) is 10.9 Å². The SMILES string of the molecule is Cn1nc(CS(=O)(=O)CCCN)c2ccccc21. The zero-order valence-electron chi connectivity index (χ0n) is 10.3. The summed E-state index contributed by atoms with van der Waals surface area (Å²) in [4.78, 5) is 0. The van der Waals surface area contributed by atoms with Crippen molar-refractivity contribution in [1.29, 1.82) is 0 Å². The van der Waals surface area contributed by atoms with Crippen LogP contribution in [0, 0.1) is 0 Å². The van der Waals surface area contributed by atoms with Gasteiger partial charge in [-0.05, 0) is 19.0 Å². The summed E-state index contributed by atoms with van der Waals surface area (Å²) in [5.74, 6) is 0.1000. The van der Waals surface area contributed by atoms with Crippen LogP contribution >= 0.6 is 0 Å². The van der Waals surface area contributed by atoms with Crippen LogP contribution in [0.15, 0.2) is 24.3 Å². The van der Waals surface area contributed by atoms with Crippen molar-refractivity contribution in [2.24, 2.45) is 12.8 Å². The number of hydrogen-bond acceptors (Lipinski definition) is 4. The van der Waals surface area contributed by atoms with Gasteiger partial charge in [0.1, 0.15) is 0 Å². The molecule has 0 radical (unpaired) electrons. The Morgan fingerprint density at radius 1 is 1.33 bits per heavy atom. The van der Waals surface area contributed by atoms with E-state index in [9.17, 15) is 8.42 Å². The third-order valence-corrected chi connectivity index (χ3v) is 4.47. The molecule has 0 amide bonds. The molecule has 0 aliphatic rings. The number of fused-ring (bicyclic) bond motifs is 1. The number of aryl methyl sites for hydroxylation is 1. The molecule has 0 aliphatic carbocycles. The average Bonchev–Trinajstić information content (AvgIpc) is 2.64. The average molecular weight is 267 g/mol. The number of rotatable bonds is 5. The Hall–Kier alpha value is -1.40. The monoisotopic (exact) mass is 267 g/mol. The van der Waals surface area contributed by atoms with Crippen molar-refractivity contribution >= 4 is 20.7 Å². The van der Waals surface area contributed by atoms with Gasteiger partial charge in [-0.1, -0.05) is 18.2 Å². The Morgan fingerprint density at radius 3 is 2.78 bits per heavy atom. The second-order valence-electron chi connectivity index (χ2n) is 4.32. The number of aromatic nitrogens is 2. The molecule has 0 bridgehead atoms. The second-order valence-corrected chi connectivity index (χ2v) is 6.51. The molecule has 0 saturated carbocycles. The first-order valence-electron chi connectivity index (χ1n) is 5.84. The van der Waals surface area contributed by atoms with Crippen molar-refractivity contribution in [2.75, 3.05) is 12.3 Å². The predicted molar refractivity (Wildman–Crippen MR) is 71.9 cm³/mol. The van der Waals surface area contributed by atoms with Crippen molar-refractivity contribution in [2.45, 2.75) is 12.2 Å². The fraction of sp³-hybridized carbons (Fsp3) is 0.417. The topological polar surface area (TPSA) is 78.0 Å². The number of nitrogens with zero attached hydrogens (tertiary/aromatic N) is 2. The summed E-state index contributed by atoms with van der Waals surface area (Å²) in [6.07, 6.45) is 0.493. The minimum Gasteiger partial charge on any atom is -0.330 e. The molecule has 0 spiro atoms. The van der Waals surface area contributed by atoms with Crippen LogP contribution in [0.25, 0.3) is 10.9 Å². The Bertz CT molecular complexity index is 646. The maximum atomic E-state index is 11.9. The highest BCUT2D eigenvalue weighted by Gasteiger charge is 2.16. The van der Waals surface area contributed by atoms with Gasteiger partial charge in [0.2, 0.25) is 0 Å². The van der Waals surface area contributed by atoms with Crippen LogP contribution in [0.5, 0.6) is 0 Å². The predicted octanol–water partition coefficient (Wildman–Crippen LogP) is 0.837. The van der Waals surface area contributed by atoms with E-state index in [2.05, 4.69) is 5.10 Å². The van der Waals surface area contributed by atoms with E-state index in [4.69, 9.17) is 5.73 Å². The Balaban J connectivity index is 2.32. The molecular weight excluding hydrogens is 250 g/mol. The van der Waals surface area contributed by atoms with Crippen LogP contribution in [0.2, 0.25) is 0 Å². The fourth-order valence-electron chi connectivity index (χ4n) is 1.98. The number of para-hydroxylation sites is 1. The van der Waals surface area contributed by atoms with Crippen LogP contribution in [0.3, 0.4) is 0 Å². The van der Waals surface area contributed by atoms with Crippen LogP contribution < -0.4 is 5.73 Å². The molecule has 2 rings (SSSR count). The van der Waals surface area contributed by atoms with Crippen LogP contribution in [0.4, 0.5) is 0 Å². The van der Waals surface area contributed by atoms with Crippen molar-refractivity contribution in [3.63, 3.8) is 0 Å². The third-order valence-electron chi connectivity index (χ3n) is 2.85. The van der Waals surface area contributed by atoms with Crippen molar-refractivity contribution < 1.29 is 8.42 Å². The standard InChI is InChI=1S/C12H17N3O2S/c1-15-12-6-3-2-5-10(12)11(14-15)9-18(16,17)8-4-7-13/h2-3,5-6H,4,7-9,13H2,1H3. The van der Waals surface area contributed by atoms with Gasteiger partial charge in [-0.15, -0.1) is 0 Å². The molecule has 1 heterocycles. The van der Waals surface area contributed by atoms with E-state index in [1.807, 2.05) is 31.3 Å². The van der Waals surface area contributed by atoms with Gasteiger partial charge in [0.15, 0.2) is 9.84 Å². The number of hydrogen-bond donors (Lipinski definition) is 1. The first kappa shape index (κ1) is 13.0. The lowest BCUT2D eigenvalue weighted by molar-refractivity contribution is 0.591. The molecule has 0 unspecified atom stereocenters. The van der Waals surface area contributed by atoms with Gasteiger partial charge in [-0.25, -0.2) is 8.42 Å². The van der Waals surface area contributed by atoms with E-state index >= 15 is 0 Å². The Labute approximate surface area is 107 Å². The lowest BCUT2D eigenvalue weighted by atomic mass is 10.2. The van der Waals surface area contributed by atoms with Gasteiger partial charge in [0.25, 0.3) is 0 Å². The number of sulfone groups is 1. The summed E-state index contributed by atoms with van der Waals surface area (Å²) in [6.45, 7) is 0.391. The van der Waals surface area contributed by atoms with E-state index in [0.29, 0.717) is 18.7 Å². The lowest BCUT2D eigenvalue weighted by Crippen LogP contribution is -2.13. The molecule has 0 aliphatic heterocycles. The van der Waals surface area contributed by atoms with Crippen molar-refractivity contribution in [3.8, 4) is 0 Å². The summed E-state index contributed by atoms with van der Waals surface area (Å²) in [7, 11) is -1.31. The van der Waals surface area contributed by atoms with Gasteiger partial charge in [-0.2, -0.15) is 5.10 Å². The van der Waals surface area contributed by atoms with E-state index < -0.39 is 9.84 Å². The highest BCUT2D eigenvalue weighted by molar-refractivity contribution is 7.90. The smallest absolute Gasteiger partial charge is 0.156 e. The molecule has 6 heteroatoms. The zero-order valence-corrected chi connectivity index (χ0v) is 11.2. The third kappa shape index (κ3) is 2.70. The molecule has 0 saturated heterocycles. The van der Waals surface area contributed by atoms with Crippen LogP contribution in [-0.4, -0.2) is 30.5 Å². The molecule has 0 fully saturated rings. The fourth-order valence-corrected chi connectivity index (χ4v) is 3.36. The van der Waals surface area contributed by atoms with E-state index in [1.54, 1.807) is 4.68 Å². The summed E-state index contributed by atoms with van der Waals surface area (Å²) in [5, 5.41) is 5.19. The normalized spacial score (nSPS) is 12.1. The summed E-state index contributed by atoms with van der Waals surface area (Å²) in [6, 6.07) is 7.63. The minimum absolute atomic E-state index is 0.0195. The van der Waals surface area contributed by atoms with Crippen molar-refractivity contribution in [3.05, 3.63) is 30.0 Å². The highest BCUT2D eigenvalue weighted by Crippen LogP contribution is 2.19. The molecule has 5 nitrogen and oxygen atoms in total. The molecule has 2 N–H and O–H groups in total. The van der Waals surface area contributed by atoms with Gasteiger partial charge in [-0.3, -0.25) is 4.68 Å². The van der Waals surface area contributed by atoms with Gasteiger partial charge in [0.05, 0.1) is 22.7 Å². The lowest BCUT2D eigenvalue weighted by Gasteiger charge is -2.01. The molecular formula is C12H17N3O2S. The minimum atomic E-state index is -3.13. The summed E-state index contributed by atoms with van der Waals surface area (Å²) in [5.41, 5.74) is 6.90. The van der Waals surface area contributed by atoms with Gasteiger partial charge >= 0.3 is 0 Å². The molecule has 98 valence electrons. The highest BCUT2D eigenvalue weighted by atomic mass is 32.2. The van der Waals surface area contributed by atoms with Crippen molar-refractivity contribution in [1.82, 2.24) is 9.78 Å². The van der Waals surface area contributed by atoms with E-state index in [1.165, 1.54) is 0 Å². The molecule has 1 aromatic carbocycles. The molecule has 18 heavy (non-hydrogen) atoms. The summed E-state index contributed by atoms with van der Waals surface area (Å²) < 4.78 is 25.5. The largest absolute Gasteiger partial charge is 0.330 e. The Kier molecular flexibility index (Phi) is 3.68. The molecule has 2 aromatic rings. The molecule has 1 aromatic heterocycles. The van der Waals surface area contributed by atoms with Crippen LogP contribution in [0.1, 0.15) is 12.1 Å². The Morgan fingerprint density at radius 2 is 2.06 bits per heavy atom. The maximum absolute atomic E-state index is 11.9. The van der Waals surface area contributed by atoms with Gasteiger partial charge < -0.3 is 5.73 Å². The second kappa shape index (κ2) is 5.07. The summed E-state index contributed by atoms with van der Waals surface area (Å²) >= 11 is 0. The van der Waals surface area contributed by atoms with E-state index in [-0.39, 0.29) is 11.5 Å². The number of nitrogens with two attached hydrogens (primary N) is 1. The quantitative estimate of drug-likeness (QED) is 0.870. The maximum Gasteiger partial charge on any atom is 0.156 e.